The normalized spacial score (nSPS) is 11.0. The van der Waals surface area contributed by atoms with Gasteiger partial charge in [0.2, 0.25) is 0 Å². The van der Waals surface area contributed by atoms with Gasteiger partial charge in [-0.1, -0.05) is 18.2 Å². The predicted octanol–water partition coefficient (Wildman–Crippen LogP) is 3.73. The average Bonchev–Trinajstić information content (AvgIpc) is 2.87. The minimum Gasteiger partial charge on any atom is -0.459 e. The third kappa shape index (κ3) is 5.06. The quantitative estimate of drug-likeness (QED) is 0.718. The molecule has 1 amide bonds. The highest BCUT2D eigenvalue weighted by atomic mass is 19.3. The van der Waals surface area contributed by atoms with E-state index in [1.807, 2.05) is 0 Å². The Balaban J connectivity index is 2.15. The maximum absolute atomic E-state index is 12.5. The summed E-state index contributed by atoms with van der Waals surface area (Å²) in [7, 11) is 0. The number of nitrogens with one attached hydrogen (secondary N) is 2. The van der Waals surface area contributed by atoms with Crippen molar-refractivity contribution >= 4 is 11.9 Å². The highest BCUT2D eigenvalue weighted by Gasteiger charge is 2.23. The Bertz CT molecular complexity index is 831. The van der Waals surface area contributed by atoms with E-state index in [0.29, 0.717) is 22.4 Å². The Morgan fingerprint density at radius 3 is 2.48 bits per heavy atom. The number of benzene rings is 1. The van der Waals surface area contributed by atoms with Crippen molar-refractivity contribution in [3.8, 4) is 5.75 Å². The van der Waals surface area contributed by atoms with E-state index in [9.17, 15) is 18.4 Å². The van der Waals surface area contributed by atoms with Crippen molar-refractivity contribution in [3.05, 3.63) is 52.3 Å². The van der Waals surface area contributed by atoms with Gasteiger partial charge in [0.15, 0.2) is 0 Å². The average molecular weight is 380 g/mol. The van der Waals surface area contributed by atoms with Crippen LogP contribution in [0.4, 0.5) is 8.78 Å². The van der Waals surface area contributed by atoms with E-state index in [4.69, 9.17) is 4.74 Å². The zero-order chi connectivity index (χ0) is 20.1. The maximum atomic E-state index is 12.5. The fourth-order valence-corrected chi connectivity index (χ4v) is 2.68. The summed E-state index contributed by atoms with van der Waals surface area (Å²) in [5.74, 6) is -0.981. The molecule has 0 spiro atoms. The number of amides is 1. The van der Waals surface area contributed by atoms with Crippen LogP contribution in [-0.2, 0) is 11.3 Å². The number of hydrogen-bond acceptors (Lipinski definition) is 4. The number of rotatable bonds is 7. The van der Waals surface area contributed by atoms with Gasteiger partial charge in [0, 0.05) is 17.8 Å². The van der Waals surface area contributed by atoms with E-state index in [2.05, 4.69) is 15.0 Å². The van der Waals surface area contributed by atoms with Gasteiger partial charge in [-0.05, 0) is 39.3 Å². The first-order chi connectivity index (χ1) is 12.7. The van der Waals surface area contributed by atoms with Crippen LogP contribution >= 0.6 is 0 Å². The lowest BCUT2D eigenvalue weighted by atomic mass is 10.1. The highest BCUT2D eigenvalue weighted by Crippen LogP contribution is 2.22. The summed E-state index contributed by atoms with van der Waals surface area (Å²) in [4.78, 5) is 27.6. The molecule has 1 aromatic carbocycles. The van der Waals surface area contributed by atoms with E-state index in [-0.39, 0.29) is 24.1 Å². The van der Waals surface area contributed by atoms with E-state index >= 15 is 0 Å². The van der Waals surface area contributed by atoms with Crippen LogP contribution < -0.4 is 10.1 Å². The first-order valence-electron chi connectivity index (χ1n) is 8.41. The largest absolute Gasteiger partial charge is 0.459 e. The van der Waals surface area contributed by atoms with Gasteiger partial charge in [-0.25, -0.2) is 4.79 Å². The number of aryl methyl sites for hydroxylation is 1. The van der Waals surface area contributed by atoms with Gasteiger partial charge < -0.3 is 19.8 Å². The topological polar surface area (TPSA) is 80.4 Å². The first kappa shape index (κ1) is 20.4. The zero-order valence-electron chi connectivity index (χ0n) is 15.6. The van der Waals surface area contributed by atoms with Crippen LogP contribution in [0.1, 0.15) is 51.5 Å². The van der Waals surface area contributed by atoms with Gasteiger partial charge in [0.05, 0.1) is 11.7 Å². The van der Waals surface area contributed by atoms with Gasteiger partial charge >= 0.3 is 12.6 Å². The molecule has 0 fully saturated rings. The van der Waals surface area contributed by atoms with E-state index in [0.717, 1.165) is 0 Å². The second-order valence-corrected chi connectivity index (χ2v) is 6.25. The van der Waals surface area contributed by atoms with E-state index < -0.39 is 18.5 Å². The number of ether oxygens (including phenoxy) is 2. The second kappa shape index (κ2) is 8.66. The van der Waals surface area contributed by atoms with Crippen molar-refractivity contribution in [2.45, 2.75) is 47.0 Å². The summed E-state index contributed by atoms with van der Waals surface area (Å²) in [6.07, 6.45) is -0.283. The molecular weight excluding hydrogens is 358 g/mol. The van der Waals surface area contributed by atoms with Gasteiger partial charge in [-0.3, -0.25) is 4.79 Å². The Kier molecular flexibility index (Phi) is 6.55. The smallest absolute Gasteiger partial charge is 0.387 e. The SMILES string of the molecule is Cc1[nH]c(C(=O)NCc2ccccc2OC(F)F)c(C)c1C(=O)OC(C)C. The molecule has 2 rings (SSSR count). The maximum Gasteiger partial charge on any atom is 0.387 e. The zero-order valence-corrected chi connectivity index (χ0v) is 15.6. The lowest BCUT2D eigenvalue weighted by Crippen LogP contribution is -2.24. The van der Waals surface area contributed by atoms with Gasteiger partial charge in [0.1, 0.15) is 11.4 Å². The fraction of sp³-hybridized carbons (Fsp3) is 0.368. The van der Waals surface area contributed by atoms with Crippen LogP contribution in [0.2, 0.25) is 0 Å². The van der Waals surface area contributed by atoms with Crippen molar-refractivity contribution in [2.75, 3.05) is 0 Å². The van der Waals surface area contributed by atoms with Crippen LogP contribution in [0.5, 0.6) is 5.75 Å². The monoisotopic (exact) mass is 380 g/mol. The third-order valence-corrected chi connectivity index (χ3v) is 3.84. The van der Waals surface area contributed by atoms with Gasteiger partial charge in [0.25, 0.3) is 5.91 Å². The molecule has 0 aliphatic heterocycles. The molecule has 1 aromatic heterocycles. The van der Waals surface area contributed by atoms with Crippen molar-refractivity contribution in [3.63, 3.8) is 0 Å². The summed E-state index contributed by atoms with van der Waals surface area (Å²) in [6.45, 7) is 3.83. The van der Waals surface area contributed by atoms with Gasteiger partial charge in [-0.15, -0.1) is 0 Å². The number of para-hydroxylation sites is 1. The van der Waals surface area contributed by atoms with Gasteiger partial charge in [-0.2, -0.15) is 8.78 Å². The second-order valence-electron chi connectivity index (χ2n) is 6.25. The molecule has 0 saturated heterocycles. The Morgan fingerprint density at radius 1 is 1.19 bits per heavy atom. The number of aromatic amines is 1. The number of halogens is 2. The van der Waals surface area contributed by atoms with Crippen LogP contribution in [0.15, 0.2) is 24.3 Å². The number of esters is 1. The van der Waals surface area contributed by atoms with Crippen molar-refractivity contribution in [2.24, 2.45) is 0 Å². The predicted molar refractivity (Wildman–Crippen MR) is 95.1 cm³/mol. The minimum absolute atomic E-state index is 0.00612. The first-order valence-corrected chi connectivity index (χ1v) is 8.41. The summed E-state index contributed by atoms with van der Waals surface area (Å²) in [6, 6.07) is 6.20. The number of carbonyl (C=O) groups excluding carboxylic acids is 2. The Morgan fingerprint density at radius 2 is 1.85 bits per heavy atom. The number of H-pyrrole nitrogens is 1. The molecule has 27 heavy (non-hydrogen) atoms. The molecule has 0 atom stereocenters. The van der Waals surface area contributed by atoms with E-state index in [1.54, 1.807) is 45.9 Å². The van der Waals surface area contributed by atoms with Crippen LogP contribution in [0.3, 0.4) is 0 Å². The molecule has 8 heteroatoms. The van der Waals surface area contributed by atoms with Crippen LogP contribution in [0, 0.1) is 13.8 Å². The molecular formula is C19H22F2N2O4. The molecule has 0 aliphatic carbocycles. The van der Waals surface area contributed by atoms with Crippen molar-refractivity contribution < 1.29 is 27.8 Å². The minimum atomic E-state index is -2.95. The molecule has 2 aromatic rings. The summed E-state index contributed by atoms with van der Waals surface area (Å²) >= 11 is 0. The fourth-order valence-electron chi connectivity index (χ4n) is 2.68. The molecule has 6 nitrogen and oxygen atoms in total. The molecule has 0 saturated carbocycles. The number of alkyl halides is 2. The third-order valence-electron chi connectivity index (χ3n) is 3.84. The lowest BCUT2D eigenvalue weighted by molar-refractivity contribution is -0.0504. The molecule has 0 bridgehead atoms. The molecule has 0 radical (unpaired) electrons. The molecule has 0 unspecified atom stereocenters. The number of carbonyl (C=O) groups is 2. The standard InChI is InChI=1S/C19H22F2N2O4/c1-10(2)26-18(25)15-11(3)16(23-12(15)4)17(24)22-9-13-7-5-6-8-14(13)27-19(20)21/h5-8,10,19,23H,9H2,1-4H3,(H,22,24). The Labute approximate surface area is 155 Å². The number of hydrogen-bond donors (Lipinski definition) is 2. The van der Waals surface area contributed by atoms with Crippen molar-refractivity contribution in [1.29, 1.82) is 0 Å². The molecule has 146 valence electrons. The Hall–Kier alpha value is -2.90. The van der Waals surface area contributed by atoms with Crippen LogP contribution in [0.25, 0.3) is 0 Å². The van der Waals surface area contributed by atoms with Crippen molar-refractivity contribution in [1.82, 2.24) is 10.3 Å². The summed E-state index contributed by atoms with van der Waals surface area (Å²) < 4.78 is 34.6. The molecule has 0 aliphatic rings. The summed E-state index contributed by atoms with van der Waals surface area (Å²) in [5.41, 5.74) is 1.93. The van der Waals surface area contributed by atoms with E-state index in [1.165, 1.54) is 6.07 Å². The highest BCUT2D eigenvalue weighted by molar-refractivity contribution is 6.00. The summed E-state index contributed by atoms with van der Waals surface area (Å²) in [5, 5.41) is 2.64. The molecule has 1 heterocycles. The van der Waals surface area contributed by atoms with Crippen LogP contribution in [-0.4, -0.2) is 29.6 Å². The number of aromatic nitrogens is 1. The molecule has 2 N–H and O–H groups in total. The lowest BCUT2D eigenvalue weighted by Gasteiger charge is -2.11.